The lowest BCUT2D eigenvalue weighted by molar-refractivity contribution is 1.01. The van der Waals surface area contributed by atoms with Crippen molar-refractivity contribution in [1.29, 1.82) is 0 Å². The summed E-state index contributed by atoms with van der Waals surface area (Å²) >= 11 is 0. The molecule has 0 fully saturated rings. The molecular formula is C8H4N4. The van der Waals surface area contributed by atoms with E-state index in [1.807, 2.05) is 0 Å². The normalized spacial score (nSPS) is 9.67. The summed E-state index contributed by atoms with van der Waals surface area (Å²) in [4.78, 5) is 7.81. The smallest absolute Gasteiger partial charge is 0.113 e. The molecule has 0 N–H and O–H groups in total. The SMILES string of the molecule is [c]1cnc(-c2cc[c]nn2)cn1. The molecule has 0 amide bonds. The molecule has 4 nitrogen and oxygen atoms in total. The lowest BCUT2D eigenvalue weighted by Gasteiger charge is -1.93. The van der Waals surface area contributed by atoms with Gasteiger partial charge in [0, 0.05) is 0 Å². The van der Waals surface area contributed by atoms with E-state index in [0.717, 1.165) is 0 Å². The van der Waals surface area contributed by atoms with E-state index in [0.29, 0.717) is 11.4 Å². The molecule has 2 heterocycles. The third kappa shape index (κ3) is 1.27. The van der Waals surface area contributed by atoms with Crippen LogP contribution in [0.1, 0.15) is 0 Å². The fraction of sp³-hybridized carbons (Fsp3) is 0. The molecule has 4 heteroatoms. The first kappa shape index (κ1) is 6.84. The number of nitrogens with zero attached hydrogens (tertiary/aromatic N) is 4. The van der Waals surface area contributed by atoms with E-state index in [9.17, 15) is 0 Å². The van der Waals surface area contributed by atoms with Crippen LogP contribution < -0.4 is 0 Å². The minimum absolute atomic E-state index is 0.690. The first-order chi connectivity index (χ1) is 5.97. The summed E-state index contributed by atoms with van der Waals surface area (Å²) < 4.78 is 0. The summed E-state index contributed by atoms with van der Waals surface area (Å²) in [6, 6.07) is 3.46. The molecule has 2 rings (SSSR count). The molecule has 0 saturated carbocycles. The molecule has 12 heavy (non-hydrogen) atoms. The predicted octanol–water partition coefficient (Wildman–Crippen LogP) is 0.534. The summed E-state index contributed by atoms with van der Waals surface area (Å²) in [6.07, 6.45) is 8.25. The highest BCUT2D eigenvalue weighted by molar-refractivity contribution is 5.50. The molecule has 0 aromatic carbocycles. The lowest BCUT2D eigenvalue weighted by Crippen LogP contribution is -1.89. The number of aromatic nitrogens is 4. The van der Waals surface area contributed by atoms with Crippen molar-refractivity contribution in [3.05, 3.63) is 36.9 Å². The van der Waals surface area contributed by atoms with Crippen LogP contribution in [0, 0.1) is 12.4 Å². The van der Waals surface area contributed by atoms with Gasteiger partial charge in [0.05, 0.1) is 12.4 Å². The van der Waals surface area contributed by atoms with E-state index in [4.69, 9.17) is 0 Å². The quantitative estimate of drug-likeness (QED) is 0.604. The van der Waals surface area contributed by atoms with Crippen molar-refractivity contribution in [2.75, 3.05) is 0 Å². The Morgan fingerprint density at radius 2 is 2.17 bits per heavy atom. The third-order valence-electron chi connectivity index (χ3n) is 1.32. The molecule has 2 aromatic rings. The summed E-state index contributed by atoms with van der Waals surface area (Å²) in [7, 11) is 0. The lowest BCUT2D eigenvalue weighted by atomic mass is 10.3. The fourth-order valence-electron chi connectivity index (χ4n) is 0.798. The predicted molar refractivity (Wildman–Crippen MR) is 40.7 cm³/mol. The maximum atomic E-state index is 4.01. The summed E-state index contributed by atoms with van der Waals surface area (Å²) in [5.74, 6) is 0. The van der Waals surface area contributed by atoms with Gasteiger partial charge in [-0.15, -0.1) is 10.2 Å². The first-order valence-electron chi connectivity index (χ1n) is 3.35. The molecule has 0 saturated heterocycles. The van der Waals surface area contributed by atoms with Gasteiger partial charge in [0.25, 0.3) is 0 Å². The zero-order valence-electron chi connectivity index (χ0n) is 6.10. The van der Waals surface area contributed by atoms with E-state index in [-0.39, 0.29) is 0 Å². The zero-order chi connectivity index (χ0) is 8.23. The van der Waals surface area contributed by atoms with Gasteiger partial charge < -0.3 is 0 Å². The number of hydrogen-bond donors (Lipinski definition) is 0. The highest BCUT2D eigenvalue weighted by atomic mass is 15.1. The Morgan fingerprint density at radius 3 is 2.83 bits per heavy atom. The zero-order valence-corrected chi connectivity index (χ0v) is 6.10. The molecule has 0 aliphatic heterocycles. The van der Waals surface area contributed by atoms with Gasteiger partial charge in [-0.1, -0.05) is 0 Å². The molecule has 0 aliphatic rings. The number of hydrogen-bond acceptors (Lipinski definition) is 4. The van der Waals surface area contributed by atoms with Crippen molar-refractivity contribution in [2.45, 2.75) is 0 Å². The monoisotopic (exact) mass is 156 g/mol. The Labute approximate surface area is 69.3 Å². The van der Waals surface area contributed by atoms with Crippen LogP contribution >= 0.6 is 0 Å². The second-order valence-corrected chi connectivity index (χ2v) is 2.08. The Kier molecular flexibility index (Phi) is 1.74. The number of rotatable bonds is 1. The largest absolute Gasteiger partial charge is 0.251 e. The van der Waals surface area contributed by atoms with Crippen LogP contribution in [-0.4, -0.2) is 20.2 Å². The Hall–Kier alpha value is -1.84. The van der Waals surface area contributed by atoms with E-state index >= 15 is 0 Å². The third-order valence-corrected chi connectivity index (χ3v) is 1.32. The molecular weight excluding hydrogens is 152 g/mol. The second-order valence-electron chi connectivity index (χ2n) is 2.08. The maximum absolute atomic E-state index is 4.01. The molecule has 0 aliphatic carbocycles. The van der Waals surface area contributed by atoms with Crippen LogP contribution in [-0.2, 0) is 0 Å². The Bertz CT molecular complexity index is 308. The molecule has 2 aromatic heterocycles. The van der Waals surface area contributed by atoms with Gasteiger partial charge in [0.15, 0.2) is 0 Å². The van der Waals surface area contributed by atoms with Gasteiger partial charge >= 0.3 is 0 Å². The van der Waals surface area contributed by atoms with E-state index < -0.39 is 0 Å². The van der Waals surface area contributed by atoms with E-state index in [1.165, 1.54) is 6.20 Å². The van der Waals surface area contributed by atoms with Gasteiger partial charge in [-0.2, -0.15) is 0 Å². The van der Waals surface area contributed by atoms with Gasteiger partial charge in [-0.05, 0) is 12.1 Å². The molecule has 56 valence electrons. The minimum atomic E-state index is 0.690. The van der Waals surface area contributed by atoms with Crippen LogP contribution in [0.25, 0.3) is 11.4 Å². The molecule has 0 spiro atoms. The van der Waals surface area contributed by atoms with Crippen molar-refractivity contribution in [3.63, 3.8) is 0 Å². The average molecular weight is 156 g/mol. The first-order valence-corrected chi connectivity index (χ1v) is 3.35. The maximum Gasteiger partial charge on any atom is 0.113 e. The molecule has 0 atom stereocenters. The molecule has 2 radical (unpaired) electrons. The van der Waals surface area contributed by atoms with Gasteiger partial charge in [-0.25, -0.2) is 0 Å². The van der Waals surface area contributed by atoms with E-state index in [1.54, 1.807) is 18.3 Å². The summed E-state index contributed by atoms with van der Waals surface area (Å²) in [6.45, 7) is 0. The van der Waals surface area contributed by atoms with Crippen LogP contribution in [0.5, 0.6) is 0 Å². The van der Waals surface area contributed by atoms with Gasteiger partial charge in [0.1, 0.15) is 23.8 Å². The Morgan fingerprint density at radius 1 is 1.17 bits per heavy atom. The summed E-state index contributed by atoms with van der Waals surface area (Å²) in [5.41, 5.74) is 1.38. The highest BCUT2D eigenvalue weighted by Gasteiger charge is 1.97. The van der Waals surface area contributed by atoms with Crippen molar-refractivity contribution in [2.24, 2.45) is 0 Å². The van der Waals surface area contributed by atoms with Crippen LogP contribution in [0.3, 0.4) is 0 Å². The minimum Gasteiger partial charge on any atom is -0.251 e. The van der Waals surface area contributed by atoms with Crippen LogP contribution in [0.15, 0.2) is 24.5 Å². The highest BCUT2D eigenvalue weighted by Crippen LogP contribution is 2.08. The van der Waals surface area contributed by atoms with Crippen LogP contribution in [0.2, 0.25) is 0 Å². The Balaban J connectivity index is 2.46. The molecule has 0 unspecified atom stereocenters. The van der Waals surface area contributed by atoms with Gasteiger partial charge in [-0.3, -0.25) is 9.97 Å². The van der Waals surface area contributed by atoms with Crippen molar-refractivity contribution in [1.82, 2.24) is 20.2 Å². The molecule has 0 bridgehead atoms. The average Bonchev–Trinajstić information content (AvgIpc) is 2.21. The summed E-state index contributed by atoms with van der Waals surface area (Å²) in [5, 5.41) is 7.44. The fourth-order valence-corrected chi connectivity index (χ4v) is 0.798. The second kappa shape index (κ2) is 3.04. The van der Waals surface area contributed by atoms with Crippen molar-refractivity contribution in [3.8, 4) is 11.4 Å². The van der Waals surface area contributed by atoms with Crippen LogP contribution in [0.4, 0.5) is 0 Å². The standard InChI is InChI=1S/C8H4N4/c1-2-7(12-11-3-1)8-6-9-4-5-10-8/h1-2,5-6H. The van der Waals surface area contributed by atoms with Crippen molar-refractivity contribution < 1.29 is 0 Å². The van der Waals surface area contributed by atoms with Crippen molar-refractivity contribution >= 4 is 0 Å². The van der Waals surface area contributed by atoms with Gasteiger partial charge in [0.2, 0.25) is 0 Å². The van der Waals surface area contributed by atoms with E-state index in [2.05, 4.69) is 32.6 Å². The topological polar surface area (TPSA) is 51.6 Å².